The van der Waals surface area contributed by atoms with Gasteiger partial charge in [-0.05, 0) is 37.8 Å². The smallest absolute Gasteiger partial charge is 0.332 e. The predicted octanol–water partition coefficient (Wildman–Crippen LogP) is 2.54. The van der Waals surface area contributed by atoms with Crippen LogP contribution in [0.2, 0.25) is 0 Å². The third-order valence-corrected chi connectivity index (χ3v) is 8.30. The SMILES string of the molecule is COC(=O)[C@@]12C[C@H]1C=CCCCCC[C@H](N)C(=O)N1C[C@H](Oc3nc4ccccc4s3)C[C@H]1C(=O)N2. The third-order valence-electron chi connectivity index (χ3n) is 7.37. The van der Waals surface area contributed by atoms with Gasteiger partial charge in [0.05, 0.1) is 29.9 Å². The molecule has 2 aromatic rings. The molecule has 5 rings (SSSR count). The number of carbonyl (C=O) groups is 3. The minimum atomic E-state index is -1.09. The van der Waals surface area contributed by atoms with Crippen LogP contribution in [-0.2, 0) is 19.1 Å². The molecule has 3 heterocycles. The number of thiazole rings is 1. The molecule has 192 valence electrons. The van der Waals surface area contributed by atoms with E-state index in [9.17, 15) is 14.4 Å². The van der Waals surface area contributed by atoms with Gasteiger partial charge in [0.25, 0.3) is 5.19 Å². The van der Waals surface area contributed by atoms with Gasteiger partial charge in [0.15, 0.2) is 0 Å². The molecule has 10 heteroatoms. The highest BCUT2D eigenvalue weighted by atomic mass is 32.1. The highest BCUT2D eigenvalue weighted by molar-refractivity contribution is 7.20. The van der Waals surface area contributed by atoms with Crippen LogP contribution in [0.5, 0.6) is 5.19 Å². The first-order valence-corrected chi connectivity index (χ1v) is 13.4. The Morgan fingerprint density at radius 3 is 2.89 bits per heavy atom. The van der Waals surface area contributed by atoms with E-state index in [1.54, 1.807) is 0 Å². The Morgan fingerprint density at radius 1 is 1.25 bits per heavy atom. The van der Waals surface area contributed by atoms with Gasteiger partial charge in [-0.1, -0.05) is 48.5 Å². The molecule has 0 spiro atoms. The monoisotopic (exact) mass is 512 g/mol. The number of nitrogens with two attached hydrogens (primary N) is 1. The number of aromatic nitrogens is 1. The zero-order valence-electron chi connectivity index (χ0n) is 20.4. The molecule has 0 radical (unpaired) electrons. The molecule has 1 saturated heterocycles. The van der Waals surface area contributed by atoms with E-state index >= 15 is 0 Å². The fourth-order valence-electron chi connectivity index (χ4n) is 5.25. The number of allylic oxidation sites excluding steroid dienone is 1. The molecule has 2 amide bonds. The fourth-order valence-corrected chi connectivity index (χ4v) is 6.14. The Bertz CT molecular complexity index is 1150. The van der Waals surface area contributed by atoms with E-state index in [1.807, 2.05) is 30.3 Å². The Hall–Kier alpha value is -2.98. The summed E-state index contributed by atoms with van der Waals surface area (Å²) >= 11 is 1.43. The van der Waals surface area contributed by atoms with Crippen molar-refractivity contribution in [3.63, 3.8) is 0 Å². The molecular formula is C26H32N4O5S. The number of amides is 2. The number of para-hydroxylation sites is 1. The lowest BCUT2D eigenvalue weighted by molar-refractivity contribution is -0.148. The zero-order valence-corrected chi connectivity index (χ0v) is 21.2. The zero-order chi connectivity index (χ0) is 25.3. The van der Waals surface area contributed by atoms with Crippen LogP contribution in [0.4, 0.5) is 0 Å². The molecular weight excluding hydrogens is 480 g/mol. The molecule has 3 aliphatic rings. The molecule has 3 N–H and O–H groups in total. The van der Waals surface area contributed by atoms with Crippen LogP contribution >= 0.6 is 11.3 Å². The molecule has 0 unspecified atom stereocenters. The number of hydrogen-bond acceptors (Lipinski definition) is 8. The number of hydrogen-bond donors (Lipinski definition) is 2. The maximum Gasteiger partial charge on any atom is 0.332 e. The van der Waals surface area contributed by atoms with Crippen LogP contribution in [0.15, 0.2) is 36.4 Å². The lowest BCUT2D eigenvalue weighted by atomic mass is 10.1. The van der Waals surface area contributed by atoms with Crippen LogP contribution in [0.3, 0.4) is 0 Å². The van der Waals surface area contributed by atoms with Crippen LogP contribution in [0.25, 0.3) is 10.2 Å². The van der Waals surface area contributed by atoms with E-state index < -0.39 is 29.7 Å². The lowest BCUT2D eigenvalue weighted by Crippen LogP contribution is -2.55. The number of ether oxygens (including phenoxy) is 2. The van der Waals surface area contributed by atoms with Crippen molar-refractivity contribution in [2.45, 2.75) is 68.7 Å². The van der Waals surface area contributed by atoms with Crippen molar-refractivity contribution in [2.24, 2.45) is 11.7 Å². The van der Waals surface area contributed by atoms with Gasteiger partial charge in [0, 0.05) is 12.3 Å². The van der Waals surface area contributed by atoms with Crippen LogP contribution in [0, 0.1) is 5.92 Å². The lowest BCUT2D eigenvalue weighted by Gasteiger charge is -2.28. The van der Waals surface area contributed by atoms with Crippen LogP contribution in [0.1, 0.15) is 44.9 Å². The first-order valence-electron chi connectivity index (χ1n) is 12.6. The molecule has 5 atom stereocenters. The highest BCUT2D eigenvalue weighted by Gasteiger charge is 2.62. The summed E-state index contributed by atoms with van der Waals surface area (Å²) in [4.78, 5) is 45.6. The number of benzene rings is 1. The molecule has 2 fully saturated rings. The average molecular weight is 513 g/mol. The van der Waals surface area contributed by atoms with E-state index in [0.29, 0.717) is 18.0 Å². The first-order chi connectivity index (χ1) is 17.4. The van der Waals surface area contributed by atoms with Gasteiger partial charge < -0.3 is 25.4 Å². The van der Waals surface area contributed by atoms with Crippen molar-refractivity contribution in [3.05, 3.63) is 36.4 Å². The molecule has 1 aliphatic carbocycles. The van der Waals surface area contributed by atoms with Gasteiger partial charge in [-0.3, -0.25) is 9.59 Å². The molecule has 1 aromatic heterocycles. The number of fused-ring (bicyclic) bond motifs is 3. The van der Waals surface area contributed by atoms with E-state index in [4.69, 9.17) is 15.2 Å². The first kappa shape index (κ1) is 24.7. The van der Waals surface area contributed by atoms with Crippen molar-refractivity contribution >= 4 is 39.3 Å². The number of rotatable bonds is 3. The molecule has 1 saturated carbocycles. The third kappa shape index (κ3) is 4.84. The van der Waals surface area contributed by atoms with E-state index in [0.717, 1.165) is 35.9 Å². The fraction of sp³-hybridized carbons (Fsp3) is 0.538. The summed E-state index contributed by atoms with van der Waals surface area (Å²) < 4.78 is 12.2. The summed E-state index contributed by atoms with van der Waals surface area (Å²) in [5.41, 5.74) is 6.03. The highest BCUT2D eigenvalue weighted by Crippen LogP contribution is 2.46. The molecule has 9 nitrogen and oxygen atoms in total. The Balaban J connectivity index is 1.39. The topological polar surface area (TPSA) is 124 Å². The number of carbonyl (C=O) groups excluding carboxylic acids is 3. The van der Waals surface area contributed by atoms with Crippen molar-refractivity contribution in [3.8, 4) is 5.19 Å². The quantitative estimate of drug-likeness (QED) is 0.478. The number of esters is 1. The Labute approximate surface area is 214 Å². The number of nitrogens with zero attached hydrogens (tertiary/aromatic N) is 2. The second-order valence-corrected chi connectivity index (χ2v) is 10.9. The molecule has 0 bridgehead atoms. The van der Waals surface area contributed by atoms with Crippen molar-refractivity contribution in [1.82, 2.24) is 15.2 Å². The Kier molecular flexibility index (Phi) is 6.98. The van der Waals surface area contributed by atoms with Gasteiger partial charge in [-0.2, -0.15) is 0 Å². The Morgan fingerprint density at radius 2 is 2.08 bits per heavy atom. The van der Waals surface area contributed by atoms with E-state index in [2.05, 4.69) is 16.4 Å². The van der Waals surface area contributed by atoms with Crippen LogP contribution < -0.4 is 15.8 Å². The predicted molar refractivity (Wildman–Crippen MR) is 135 cm³/mol. The summed E-state index contributed by atoms with van der Waals surface area (Å²) in [6.07, 6.45) is 8.64. The number of methoxy groups -OCH3 is 1. The largest absolute Gasteiger partial charge is 0.467 e. The summed E-state index contributed by atoms with van der Waals surface area (Å²) in [7, 11) is 1.32. The maximum absolute atomic E-state index is 13.5. The summed E-state index contributed by atoms with van der Waals surface area (Å²) in [5, 5.41) is 3.43. The minimum absolute atomic E-state index is 0.123. The normalized spacial score (nSPS) is 31.1. The van der Waals surface area contributed by atoms with Gasteiger partial charge >= 0.3 is 5.97 Å². The van der Waals surface area contributed by atoms with Gasteiger partial charge in [-0.25, -0.2) is 9.78 Å². The van der Waals surface area contributed by atoms with Gasteiger partial charge in [0.1, 0.15) is 17.7 Å². The van der Waals surface area contributed by atoms with Crippen LogP contribution in [-0.4, -0.2) is 65.0 Å². The second kappa shape index (κ2) is 10.2. The molecule has 1 aromatic carbocycles. The van der Waals surface area contributed by atoms with E-state index in [1.165, 1.54) is 23.3 Å². The van der Waals surface area contributed by atoms with Crippen molar-refractivity contribution in [2.75, 3.05) is 13.7 Å². The number of nitrogens with one attached hydrogen (secondary N) is 1. The average Bonchev–Trinajstić information content (AvgIpc) is 3.20. The second-order valence-electron chi connectivity index (χ2n) is 9.86. The van der Waals surface area contributed by atoms with Gasteiger partial charge in [0.2, 0.25) is 11.8 Å². The summed E-state index contributed by atoms with van der Waals surface area (Å²) in [6, 6.07) is 6.27. The van der Waals surface area contributed by atoms with Crippen molar-refractivity contribution in [1.29, 1.82) is 0 Å². The van der Waals surface area contributed by atoms with E-state index in [-0.39, 0.29) is 30.7 Å². The molecule has 2 aliphatic heterocycles. The standard InChI is InChI=1S/C26H32N4O5S/c1-34-24(33)26-14-16(26)9-5-3-2-4-6-10-18(27)23(32)30-15-17(13-20(30)22(31)29-26)35-25-28-19-11-7-8-12-21(19)36-25/h5,7-9,11-12,16-18,20H,2-4,6,10,13-15,27H2,1H3,(H,29,31)/t16-,17-,18+,20+,26-/m1/s1. The molecule has 36 heavy (non-hydrogen) atoms. The summed E-state index contributed by atoms with van der Waals surface area (Å²) in [5.74, 6) is -1.24. The maximum atomic E-state index is 13.5. The summed E-state index contributed by atoms with van der Waals surface area (Å²) in [6.45, 7) is 0.231. The minimum Gasteiger partial charge on any atom is -0.467 e. The van der Waals surface area contributed by atoms with Gasteiger partial charge in [-0.15, -0.1) is 0 Å². The van der Waals surface area contributed by atoms with Crippen molar-refractivity contribution < 1.29 is 23.9 Å².